The van der Waals surface area contributed by atoms with Crippen molar-refractivity contribution in [2.75, 3.05) is 33.5 Å². The maximum Gasteiger partial charge on any atom is 0.0701 e. The van der Waals surface area contributed by atoms with E-state index in [0.29, 0.717) is 19.3 Å². The molecule has 3 heteroatoms. The Kier molecular flexibility index (Phi) is 4.50. The van der Waals surface area contributed by atoms with Crippen LogP contribution in [0.3, 0.4) is 0 Å². The molecule has 0 spiro atoms. The van der Waals surface area contributed by atoms with Crippen LogP contribution in [0, 0.1) is 0 Å². The summed E-state index contributed by atoms with van der Waals surface area (Å²) in [5, 5.41) is 3.37. The van der Waals surface area contributed by atoms with Crippen LogP contribution in [0.15, 0.2) is 0 Å². The highest BCUT2D eigenvalue weighted by Gasteiger charge is 2.12. The Bertz CT molecular complexity index is 92.1. The zero-order valence-corrected chi connectivity index (χ0v) is 7.14. The molecule has 0 aromatic heterocycles. The third-order valence-corrected chi connectivity index (χ3v) is 1.91. The lowest BCUT2D eigenvalue weighted by atomic mass is 10.2. The van der Waals surface area contributed by atoms with Crippen molar-refractivity contribution in [3.05, 3.63) is 0 Å². The standard InChI is InChI=1S/C8H17NO2/c1-10-5-6-11-7-8-3-2-4-9-8/h8-9H,2-7H2,1H3/t8-/m1/s1. The zero-order chi connectivity index (χ0) is 7.94. The normalized spacial score (nSPS) is 24.3. The predicted octanol–water partition coefficient (Wildman–Crippen LogP) is 0.401. The Morgan fingerprint density at radius 1 is 1.45 bits per heavy atom. The molecule has 3 nitrogen and oxygen atoms in total. The average Bonchev–Trinajstić information content (AvgIpc) is 2.50. The Balaban J connectivity index is 1.86. The second kappa shape index (κ2) is 5.52. The molecule has 1 atom stereocenters. The molecule has 1 rings (SSSR count). The van der Waals surface area contributed by atoms with Crippen molar-refractivity contribution in [2.24, 2.45) is 0 Å². The van der Waals surface area contributed by atoms with E-state index in [1.807, 2.05) is 0 Å². The van der Waals surface area contributed by atoms with E-state index in [1.165, 1.54) is 12.8 Å². The molecule has 0 amide bonds. The fraction of sp³-hybridized carbons (Fsp3) is 1.00. The van der Waals surface area contributed by atoms with Gasteiger partial charge >= 0.3 is 0 Å². The zero-order valence-electron chi connectivity index (χ0n) is 7.14. The van der Waals surface area contributed by atoms with Gasteiger partial charge in [-0.25, -0.2) is 0 Å². The summed E-state index contributed by atoms with van der Waals surface area (Å²) in [4.78, 5) is 0. The van der Waals surface area contributed by atoms with Crippen LogP contribution < -0.4 is 5.32 Å². The number of rotatable bonds is 5. The van der Waals surface area contributed by atoms with Gasteiger partial charge < -0.3 is 14.8 Å². The number of nitrogens with one attached hydrogen (secondary N) is 1. The van der Waals surface area contributed by atoms with Crippen LogP contribution in [0.4, 0.5) is 0 Å². The molecule has 0 unspecified atom stereocenters. The van der Waals surface area contributed by atoms with Crippen molar-refractivity contribution in [3.63, 3.8) is 0 Å². The molecule has 11 heavy (non-hydrogen) atoms. The van der Waals surface area contributed by atoms with Crippen molar-refractivity contribution in [2.45, 2.75) is 18.9 Å². The highest BCUT2D eigenvalue weighted by atomic mass is 16.5. The fourth-order valence-electron chi connectivity index (χ4n) is 1.27. The largest absolute Gasteiger partial charge is 0.382 e. The first kappa shape index (κ1) is 8.97. The van der Waals surface area contributed by atoms with E-state index in [1.54, 1.807) is 7.11 Å². The van der Waals surface area contributed by atoms with Gasteiger partial charge in [-0.3, -0.25) is 0 Å². The summed E-state index contributed by atoms with van der Waals surface area (Å²) in [5.41, 5.74) is 0. The predicted molar refractivity (Wildman–Crippen MR) is 43.7 cm³/mol. The van der Waals surface area contributed by atoms with E-state index in [2.05, 4.69) is 5.32 Å². The summed E-state index contributed by atoms with van der Waals surface area (Å²) < 4.78 is 10.2. The van der Waals surface area contributed by atoms with E-state index in [-0.39, 0.29) is 0 Å². The first-order valence-corrected chi connectivity index (χ1v) is 4.23. The third-order valence-electron chi connectivity index (χ3n) is 1.91. The van der Waals surface area contributed by atoms with Crippen molar-refractivity contribution < 1.29 is 9.47 Å². The molecule has 1 aliphatic rings. The number of hydrogen-bond acceptors (Lipinski definition) is 3. The lowest BCUT2D eigenvalue weighted by molar-refractivity contribution is 0.0613. The van der Waals surface area contributed by atoms with Crippen molar-refractivity contribution in [3.8, 4) is 0 Å². The summed E-state index contributed by atoms with van der Waals surface area (Å²) in [6, 6.07) is 0.590. The van der Waals surface area contributed by atoms with Gasteiger partial charge in [-0.15, -0.1) is 0 Å². The Hall–Kier alpha value is -0.120. The third kappa shape index (κ3) is 3.70. The first-order chi connectivity index (χ1) is 5.43. The quantitative estimate of drug-likeness (QED) is 0.589. The van der Waals surface area contributed by atoms with E-state index >= 15 is 0 Å². The van der Waals surface area contributed by atoms with E-state index in [0.717, 1.165) is 13.2 Å². The molecule has 0 aromatic carbocycles. The Labute approximate surface area is 68.1 Å². The molecule has 66 valence electrons. The number of hydrogen-bond donors (Lipinski definition) is 1. The molecule has 0 radical (unpaired) electrons. The van der Waals surface area contributed by atoms with Crippen LogP contribution in [0.25, 0.3) is 0 Å². The molecule has 1 fully saturated rings. The van der Waals surface area contributed by atoms with Gasteiger partial charge in [-0.2, -0.15) is 0 Å². The minimum absolute atomic E-state index is 0.590. The summed E-state index contributed by atoms with van der Waals surface area (Å²) >= 11 is 0. The molecule has 0 saturated carbocycles. The van der Waals surface area contributed by atoms with Crippen LogP contribution in [0.2, 0.25) is 0 Å². The maximum absolute atomic E-state index is 5.37. The SMILES string of the molecule is COCCOC[C@H]1CCCN1. The molecular formula is C8H17NO2. The molecule has 1 saturated heterocycles. The van der Waals surface area contributed by atoms with Crippen molar-refractivity contribution in [1.29, 1.82) is 0 Å². The maximum atomic E-state index is 5.37. The average molecular weight is 159 g/mol. The van der Waals surface area contributed by atoms with Gasteiger partial charge in [-0.1, -0.05) is 0 Å². The van der Waals surface area contributed by atoms with Crippen LogP contribution in [0.1, 0.15) is 12.8 Å². The number of ether oxygens (including phenoxy) is 2. The van der Waals surface area contributed by atoms with Crippen LogP contribution in [-0.4, -0.2) is 39.5 Å². The molecule has 0 aliphatic carbocycles. The van der Waals surface area contributed by atoms with Crippen LogP contribution in [0.5, 0.6) is 0 Å². The van der Waals surface area contributed by atoms with Gasteiger partial charge in [0, 0.05) is 13.2 Å². The van der Waals surface area contributed by atoms with Gasteiger partial charge in [0.25, 0.3) is 0 Å². The topological polar surface area (TPSA) is 30.5 Å². The van der Waals surface area contributed by atoms with Crippen molar-refractivity contribution in [1.82, 2.24) is 5.32 Å². The van der Waals surface area contributed by atoms with Gasteiger partial charge in [0.15, 0.2) is 0 Å². The summed E-state index contributed by atoms with van der Waals surface area (Å²) in [5.74, 6) is 0. The second-order valence-corrected chi connectivity index (χ2v) is 2.86. The van der Waals surface area contributed by atoms with Gasteiger partial charge in [0.1, 0.15) is 0 Å². The Morgan fingerprint density at radius 2 is 2.36 bits per heavy atom. The smallest absolute Gasteiger partial charge is 0.0701 e. The minimum Gasteiger partial charge on any atom is -0.382 e. The second-order valence-electron chi connectivity index (χ2n) is 2.86. The molecular weight excluding hydrogens is 142 g/mol. The van der Waals surface area contributed by atoms with E-state index in [9.17, 15) is 0 Å². The Morgan fingerprint density at radius 3 is 3.00 bits per heavy atom. The highest BCUT2D eigenvalue weighted by Crippen LogP contribution is 2.04. The monoisotopic (exact) mass is 159 g/mol. The summed E-state index contributed by atoms with van der Waals surface area (Å²) in [7, 11) is 1.69. The fourth-order valence-corrected chi connectivity index (χ4v) is 1.27. The van der Waals surface area contributed by atoms with Crippen LogP contribution in [-0.2, 0) is 9.47 Å². The van der Waals surface area contributed by atoms with Gasteiger partial charge in [0.05, 0.1) is 19.8 Å². The molecule has 1 heterocycles. The summed E-state index contributed by atoms with van der Waals surface area (Å²) in [6.07, 6.45) is 2.55. The molecule has 1 N–H and O–H groups in total. The number of methoxy groups -OCH3 is 1. The molecule has 1 aliphatic heterocycles. The lowest BCUT2D eigenvalue weighted by Crippen LogP contribution is -2.27. The van der Waals surface area contributed by atoms with Crippen LogP contribution >= 0.6 is 0 Å². The van der Waals surface area contributed by atoms with Crippen molar-refractivity contribution >= 4 is 0 Å². The van der Waals surface area contributed by atoms with E-state index < -0.39 is 0 Å². The summed E-state index contributed by atoms with van der Waals surface area (Å²) in [6.45, 7) is 3.41. The minimum atomic E-state index is 0.590. The molecule has 0 bridgehead atoms. The highest BCUT2D eigenvalue weighted by molar-refractivity contribution is 4.72. The lowest BCUT2D eigenvalue weighted by Gasteiger charge is -2.09. The van der Waals surface area contributed by atoms with E-state index in [4.69, 9.17) is 9.47 Å². The molecule has 0 aromatic rings. The first-order valence-electron chi connectivity index (χ1n) is 4.23. The van der Waals surface area contributed by atoms with Gasteiger partial charge in [-0.05, 0) is 19.4 Å². The van der Waals surface area contributed by atoms with Gasteiger partial charge in [0.2, 0.25) is 0 Å².